The number of primary sulfonamides is 1. The predicted octanol–water partition coefficient (Wildman–Crippen LogP) is 2.52. The molecule has 1 aliphatic carbocycles. The second kappa shape index (κ2) is 5.44. The number of sulfonamides is 1. The molecule has 0 aliphatic heterocycles. The van der Waals surface area contributed by atoms with Crippen LogP contribution in [0.2, 0.25) is 0 Å². The fourth-order valence-corrected chi connectivity index (χ4v) is 3.16. The lowest BCUT2D eigenvalue weighted by Crippen LogP contribution is -2.11. The van der Waals surface area contributed by atoms with Crippen molar-refractivity contribution in [1.29, 1.82) is 0 Å². The highest BCUT2D eigenvalue weighted by atomic mass is 32.2. The Labute approximate surface area is 130 Å². The third-order valence-corrected chi connectivity index (χ3v) is 4.98. The van der Waals surface area contributed by atoms with Crippen LogP contribution in [0.5, 0.6) is 0 Å². The third-order valence-electron chi connectivity index (χ3n) is 4.05. The van der Waals surface area contributed by atoms with Crippen molar-refractivity contribution in [3.05, 3.63) is 53.6 Å². The first-order valence-electron chi connectivity index (χ1n) is 7.32. The quantitative estimate of drug-likeness (QED) is 0.938. The molecule has 5 nitrogen and oxygen atoms in total. The van der Waals surface area contributed by atoms with Gasteiger partial charge < -0.3 is 0 Å². The van der Waals surface area contributed by atoms with Gasteiger partial charge in [-0.25, -0.2) is 23.5 Å². The molecule has 1 heterocycles. The fourth-order valence-electron chi connectivity index (χ4n) is 2.64. The molecule has 0 spiro atoms. The van der Waals surface area contributed by atoms with Crippen molar-refractivity contribution >= 4 is 10.0 Å². The normalized spacial score (nSPS) is 21.1. The van der Waals surface area contributed by atoms with Crippen LogP contribution in [0.1, 0.15) is 55.1 Å². The predicted molar refractivity (Wildman–Crippen MR) is 84.0 cm³/mol. The van der Waals surface area contributed by atoms with E-state index in [4.69, 9.17) is 5.14 Å². The molecule has 1 fully saturated rings. The minimum absolute atomic E-state index is 0.145. The molecule has 1 aromatic carbocycles. The van der Waals surface area contributed by atoms with Gasteiger partial charge in [0.2, 0.25) is 10.0 Å². The van der Waals surface area contributed by atoms with Crippen LogP contribution in [0.4, 0.5) is 0 Å². The molecule has 1 saturated carbocycles. The Hall–Kier alpha value is -1.79. The van der Waals surface area contributed by atoms with Crippen molar-refractivity contribution in [2.45, 2.75) is 42.9 Å². The van der Waals surface area contributed by atoms with E-state index in [1.165, 1.54) is 0 Å². The topological polar surface area (TPSA) is 85.9 Å². The second-order valence-electron chi connectivity index (χ2n) is 6.06. The van der Waals surface area contributed by atoms with Crippen molar-refractivity contribution in [3.8, 4) is 0 Å². The molecule has 0 bridgehead atoms. The first-order chi connectivity index (χ1) is 10.4. The van der Waals surface area contributed by atoms with Crippen LogP contribution in [0.25, 0.3) is 0 Å². The van der Waals surface area contributed by atoms with E-state index in [1.807, 2.05) is 24.4 Å². The first-order valence-corrected chi connectivity index (χ1v) is 8.86. The van der Waals surface area contributed by atoms with E-state index in [-0.39, 0.29) is 4.90 Å². The Morgan fingerprint density at radius 3 is 2.41 bits per heavy atom. The largest absolute Gasteiger partial charge is 0.241 e. The molecule has 2 atom stereocenters. The van der Waals surface area contributed by atoms with Crippen LogP contribution in [0.15, 0.2) is 41.4 Å². The minimum Gasteiger partial charge on any atom is -0.241 e. The minimum atomic E-state index is -3.63. The van der Waals surface area contributed by atoms with Crippen LogP contribution in [-0.2, 0) is 10.0 Å². The van der Waals surface area contributed by atoms with Crippen molar-refractivity contribution in [2.75, 3.05) is 0 Å². The average molecular weight is 317 g/mol. The van der Waals surface area contributed by atoms with Crippen molar-refractivity contribution < 1.29 is 8.42 Å². The van der Waals surface area contributed by atoms with Crippen LogP contribution in [-0.4, -0.2) is 18.4 Å². The summed E-state index contributed by atoms with van der Waals surface area (Å²) in [5, 5.41) is 5.11. The molecule has 6 heteroatoms. The van der Waals surface area contributed by atoms with Crippen LogP contribution >= 0.6 is 0 Å². The van der Waals surface area contributed by atoms with Gasteiger partial charge in [-0.1, -0.05) is 26.0 Å². The van der Waals surface area contributed by atoms with Crippen molar-refractivity contribution in [2.24, 2.45) is 5.14 Å². The maximum absolute atomic E-state index is 11.3. The summed E-state index contributed by atoms with van der Waals surface area (Å²) < 4.78 is 22.5. The summed E-state index contributed by atoms with van der Waals surface area (Å²) in [7, 11) is -3.63. The van der Waals surface area contributed by atoms with Crippen LogP contribution in [0, 0.1) is 0 Å². The van der Waals surface area contributed by atoms with Gasteiger partial charge in [0.25, 0.3) is 0 Å². The van der Waals surface area contributed by atoms with E-state index in [1.54, 1.807) is 12.1 Å². The second-order valence-corrected chi connectivity index (χ2v) is 7.62. The summed E-state index contributed by atoms with van der Waals surface area (Å²) in [6, 6.07) is 8.73. The number of aromatic nitrogens is 2. The summed E-state index contributed by atoms with van der Waals surface area (Å²) in [4.78, 5) is 9.17. The number of hydrogen-bond acceptors (Lipinski definition) is 4. The zero-order valence-electron chi connectivity index (χ0n) is 12.6. The highest BCUT2D eigenvalue weighted by molar-refractivity contribution is 7.89. The maximum Gasteiger partial charge on any atom is 0.238 e. The van der Waals surface area contributed by atoms with Gasteiger partial charge in [-0.05, 0) is 42.0 Å². The van der Waals surface area contributed by atoms with E-state index in [9.17, 15) is 8.42 Å². The molecule has 2 N–H and O–H groups in total. The van der Waals surface area contributed by atoms with Gasteiger partial charge in [-0.15, -0.1) is 0 Å². The molecular formula is C16H19N3O2S. The standard InChI is InChI=1S/C16H19N3O2S/c1-10(2)15-7-8-18-16(19-15)14-9-13(14)11-3-5-12(6-4-11)22(17,20)21/h3-8,10,13-14H,9H2,1-2H3,(H2,17,20,21)/t13-,14+/m0/s1. The van der Waals surface area contributed by atoms with Gasteiger partial charge in [0.15, 0.2) is 0 Å². The molecule has 0 amide bonds. The van der Waals surface area contributed by atoms with Crippen LogP contribution in [0.3, 0.4) is 0 Å². The Morgan fingerprint density at radius 2 is 1.82 bits per heavy atom. The van der Waals surface area contributed by atoms with Crippen molar-refractivity contribution in [3.63, 3.8) is 0 Å². The van der Waals surface area contributed by atoms with Crippen molar-refractivity contribution in [1.82, 2.24) is 9.97 Å². The third kappa shape index (κ3) is 3.03. The molecule has 1 aromatic heterocycles. The molecule has 2 aromatic rings. The van der Waals surface area contributed by atoms with Gasteiger partial charge in [0.1, 0.15) is 5.82 Å². The van der Waals surface area contributed by atoms with Crippen LogP contribution < -0.4 is 5.14 Å². The zero-order chi connectivity index (χ0) is 15.9. The molecule has 22 heavy (non-hydrogen) atoms. The van der Waals surface area contributed by atoms with E-state index in [0.29, 0.717) is 17.8 Å². The Kier molecular flexibility index (Phi) is 3.74. The number of hydrogen-bond donors (Lipinski definition) is 1. The zero-order valence-corrected chi connectivity index (χ0v) is 13.4. The average Bonchev–Trinajstić information content (AvgIpc) is 3.27. The lowest BCUT2D eigenvalue weighted by Gasteiger charge is -2.06. The molecule has 0 unspecified atom stereocenters. The summed E-state index contributed by atoms with van der Waals surface area (Å²) in [5.74, 6) is 1.94. The number of benzene rings is 1. The lowest BCUT2D eigenvalue weighted by molar-refractivity contribution is 0.598. The Balaban J connectivity index is 1.78. The molecule has 0 saturated heterocycles. The smallest absolute Gasteiger partial charge is 0.238 e. The highest BCUT2D eigenvalue weighted by Crippen LogP contribution is 2.53. The monoisotopic (exact) mass is 317 g/mol. The van der Waals surface area contributed by atoms with E-state index >= 15 is 0 Å². The van der Waals surface area contributed by atoms with Gasteiger partial charge in [0.05, 0.1) is 4.90 Å². The summed E-state index contributed by atoms with van der Waals surface area (Å²) in [6.45, 7) is 4.23. The highest BCUT2D eigenvalue weighted by Gasteiger charge is 2.41. The maximum atomic E-state index is 11.3. The number of nitrogens with zero attached hydrogens (tertiary/aromatic N) is 2. The van der Waals surface area contributed by atoms with E-state index < -0.39 is 10.0 Å². The van der Waals surface area contributed by atoms with E-state index in [0.717, 1.165) is 23.5 Å². The first kappa shape index (κ1) is 15.1. The SMILES string of the molecule is CC(C)c1ccnc([C@@H]2C[C@H]2c2ccc(S(N)(=O)=O)cc2)n1. The van der Waals surface area contributed by atoms with E-state index in [2.05, 4.69) is 23.8 Å². The molecule has 1 aliphatic rings. The molecular weight excluding hydrogens is 298 g/mol. The number of nitrogens with two attached hydrogens (primary N) is 1. The summed E-state index contributed by atoms with van der Waals surface area (Å²) in [6.07, 6.45) is 2.81. The lowest BCUT2D eigenvalue weighted by atomic mass is 10.1. The number of rotatable bonds is 4. The van der Waals surface area contributed by atoms with Gasteiger partial charge in [0, 0.05) is 17.8 Å². The molecule has 0 radical (unpaired) electrons. The van der Waals surface area contributed by atoms with Gasteiger partial charge in [-0.2, -0.15) is 0 Å². The van der Waals surface area contributed by atoms with Gasteiger partial charge >= 0.3 is 0 Å². The fraction of sp³-hybridized carbons (Fsp3) is 0.375. The molecule has 116 valence electrons. The van der Waals surface area contributed by atoms with Gasteiger partial charge in [-0.3, -0.25) is 0 Å². The summed E-state index contributed by atoms with van der Waals surface area (Å²) >= 11 is 0. The summed E-state index contributed by atoms with van der Waals surface area (Å²) in [5.41, 5.74) is 2.16. The Morgan fingerprint density at radius 1 is 1.14 bits per heavy atom. The Bertz CT molecular complexity index is 785. The molecule has 3 rings (SSSR count).